The van der Waals surface area contributed by atoms with E-state index in [9.17, 15) is 0 Å². The summed E-state index contributed by atoms with van der Waals surface area (Å²) in [6.45, 7) is 9.31. The fraction of sp³-hybridized carbons (Fsp3) is 0.786. The molecule has 0 amide bonds. The van der Waals surface area contributed by atoms with Crippen LogP contribution in [0.15, 0.2) is 17.6 Å². The van der Waals surface area contributed by atoms with E-state index >= 15 is 0 Å². The molecule has 1 rings (SSSR count). The van der Waals surface area contributed by atoms with E-state index in [-0.39, 0.29) is 0 Å². The topological polar surface area (TPSA) is 39.7 Å². The summed E-state index contributed by atoms with van der Waals surface area (Å²) in [5.41, 5.74) is 0. The number of aliphatic imine (C=N–C) groups is 1. The zero-order valence-corrected chi connectivity index (χ0v) is 11.9. The van der Waals surface area contributed by atoms with Crippen molar-refractivity contribution in [2.75, 3.05) is 33.2 Å². The molecular formula is C14H28N4. The minimum Gasteiger partial charge on any atom is -0.357 e. The molecule has 1 aliphatic carbocycles. The van der Waals surface area contributed by atoms with Crippen LogP contribution in [0.2, 0.25) is 0 Å². The van der Waals surface area contributed by atoms with Crippen LogP contribution >= 0.6 is 0 Å². The van der Waals surface area contributed by atoms with Crippen LogP contribution in [0.4, 0.5) is 0 Å². The molecule has 4 nitrogen and oxygen atoms in total. The molecule has 0 radical (unpaired) electrons. The molecule has 0 aliphatic heterocycles. The van der Waals surface area contributed by atoms with E-state index in [0.717, 1.165) is 38.2 Å². The first-order chi connectivity index (χ1) is 8.77. The van der Waals surface area contributed by atoms with E-state index < -0.39 is 0 Å². The van der Waals surface area contributed by atoms with Crippen LogP contribution in [-0.2, 0) is 0 Å². The number of hydrogen-bond donors (Lipinski definition) is 2. The molecule has 0 atom stereocenters. The monoisotopic (exact) mass is 252 g/mol. The molecule has 104 valence electrons. The molecule has 0 unspecified atom stereocenters. The fourth-order valence-electron chi connectivity index (χ4n) is 2.36. The number of likely N-dealkylation sites (N-methyl/N-ethyl adjacent to an activating group) is 1. The predicted molar refractivity (Wildman–Crippen MR) is 79.1 cm³/mol. The first kappa shape index (κ1) is 15.0. The second-order valence-corrected chi connectivity index (χ2v) is 4.85. The van der Waals surface area contributed by atoms with E-state index in [1.54, 1.807) is 0 Å². The number of rotatable bonds is 7. The highest BCUT2D eigenvalue weighted by Crippen LogP contribution is 2.21. The standard InChI is InChI=1S/C14H28N4/c1-4-10-16-14(15-5-2)17-11-12-18(3)13-8-6-7-9-13/h4,13H,1,5-12H2,2-3H3,(H2,15,16,17). The van der Waals surface area contributed by atoms with E-state index in [2.05, 4.69) is 41.1 Å². The van der Waals surface area contributed by atoms with Crippen LogP contribution in [0.1, 0.15) is 32.6 Å². The Bertz CT molecular complexity index is 257. The molecule has 0 heterocycles. The van der Waals surface area contributed by atoms with Crippen molar-refractivity contribution in [2.24, 2.45) is 4.99 Å². The van der Waals surface area contributed by atoms with E-state index in [0.29, 0.717) is 0 Å². The number of guanidine groups is 1. The Balaban J connectivity index is 2.27. The zero-order chi connectivity index (χ0) is 13.2. The Hall–Kier alpha value is -1.03. The van der Waals surface area contributed by atoms with Gasteiger partial charge in [-0.2, -0.15) is 0 Å². The quantitative estimate of drug-likeness (QED) is 0.411. The summed E-state index contributed by atoms with van der Waals surface area (Å²) in [6, 6.07) is 0.781. The van der Waals surface area contributed by atoms with Crippen LogP contribution in [0, 0.1) is 0 Å². The van der Waals surface area contributed by atoms with E-state index in [1.165, 1.54) is 25.7 Å². The van der Waals surface area contributed by atoms with E-state index in [4.69, 9.17) is 0 Å². The van der Waals surface area contributed by atoms with Crippen LogP contribution < -0.4 is 10.6 Å². The van der Waals surface area contributed by atoms with Crippen molar-refractivity contribution in [3.63, 3.8) is 0 Å². The minimum atomic E-state index is 0.754. The van der Waals surface area contributed by atoms with Gasteiger partial charge in [0.1, 0.15) is 0 Å². The van der Waals surface area contributed by atoms with Crippen molar-refractivity contribution >= 4 is 5.96 Å². The first-order valence-electron chi connectivity index (χ1n) is 7.11. The summed E-state index contributed by atoms with van der Waals surface area (Å²) in [5.74, 6) is 0.886. The average Bonchev–Trinajstić information content (AvgIpc) is 2.89. The molecule has 0 bridgehead atoms. The summed E-state index contributed by atoms with van der Waals surface area (Å²) < 4.78 is 0. The van der Waals surface area contributed by atoms with E-state index in [1.807, 2.05) is 6.08 Å². The normalized spacial score (nSPS) is 17.2. The Morgan fingerprint density at radius 2 is 2.11 bits per heavy atom. The number of hydrogen-bond acceptors (Lipinski definition) is 2. The van der Waals surface area contributed by atoms with Gasteiger partial charge in [-0.15, -0.1) is 6.58 Å². The molecule has 0 spiro atoms. The Morgan fingerprint density at radius 1 is 1.39 bits per heavy atom. The molecule has 18 heavy (non-hydrogen) atoms. The Labute approximate surface area is 112 Å². The van der Waals surface area contributed by atoms with Crippen molar-refractivity contribution in [1.29, 1.82) is 0 Å². The van der Waals surface area contributed by atoms with Gasteiger partial charge >= 0.3 is 0 Å². The maximum atomic E-state index is 4.57. The predicted octanol–water partition coefficient (Wildman–Crippen LogP) is 1.60. The van der Waals surface area contributed by atoms with Gasteiger partial charge in [0.15, 0.2) is 5.96 Å². The third kappa shape index (κ3) is 5.54. The highest BCUT2D eigenvalue weighted by atomic mass is 15.2. The summed E-state index contributed by atoms with van der Waals surface area (Å²) in [4.78, 5) is 7.02. The minimum absolute atomic E-state index is 0.754. The van der Waals surface area contributed by atoms with Crippen LogP contribution in [0.25, 0.3) is 0 Å². The van der Waals surface area contributed by atoms with Gasteiger partial charge in [-0.1, -0.05) is 18.9 Å². The van der Waals surface area contributed by atoms with Crippen molar-refractivity contribution in [1.82, 2.24) is 15.5 Å². The smallest absolute Gasteiger partial charge is 0.191 e. The molecule has 1 saturated carbocycles. The molecule has 1 fully saturated rings. The molecule has 0 aromatic rings. The zero-order valence-electron chi connectivity index (χ0n) is 11.9. The maximum absolute atomic E-state index is 4.57. The molecular weight excluding hydrogens is 224 g/mol. The van der Waals surface area contributed by atoms with Crippen LogP contribution in [0.3, 0.4) is 0 Å². The van der Waals surface area contributed by atoms with Gasteiger partial charge in [-0.05, 0) is 26.8 Å². The number of nitrogens with zero attached hydrogens (tertiary/aromatic N) is 2. The van der Waals surface area contributed by atoms with Crippen molar-refractivity contribution in [2.45, 2.75) is 38.6 Å². The lowest BCUT2D eigenvalue weighted by Crippen LogP contribution is -2.38. The third-order valence-corrected chi connectivity index (χ3v) is 3.43. The lowest BCUT2D eigenvalue weighted by molar-refractivity contribution is 0.252. The second-order valence-electron chi connectivity index (χ2n) is 4.85. The van der Waals surface area contributed by atoms with Crippen molar-refractivity contribution in [3.8, 4) is 0 Å². The molecule has 0 aromatic carbocycles. The first-order valence-corrected chi connectivity index (χ1v) is 7.11. The largest absolute Gasteiger partial charge is 0.357 e. The van der Waals surface area contributed by atoms with Crippen LogP contribution in [-0.4, -0.2) is 50.1 Å². The van der Waals surface area contributed by atoms with Gasteiger partial charge in [0.25, 0.3) is 0 Å². The van der Waals surface area contributed by atoms with Crippen LogP contribution in [0.5, 0.6) is 0 Å². The summed E-state index contributed by atoms with van der Waals surface area (Å²) >= 11 is 0. The van der Waals surface area contributed by atoms with Gasteiger partial charge < -0.3 is 15.5 Å². The molecule has 2 N–H and O–H groups in total. The fourth-order valence-corrected chi connectivity index (χ4v) is 2.36. The molecule has 4 heteroatoms. The lowest BCUT2D eigenvalue weighted by atomic mass is 10.2. The third-order valence-electron chi connectivity index (χ3n) is 3.43. The van der Waals surface area contributed by atoms with Gasteiger partial charge in [-0.25, -0.2) is 0 Å². The Kier molecular flexibility index (Phi) is 7.49. The van der Waals surface area contributed by atoms with Crippen molar-refractivity contribution in [3.05, 3.63) is 12.7 Å². The Morgan fingerprint density at radius 3 is 2.72 bits per heavy atom. The average molecular weight is 252 g/mol. The SMILES string of the molecule is C=CCNC(=NCCN(C)C1CCCC1)NCC. The molecule has 1 aliphatic rings. The van der Waals surface area contributed by atoms with Gasteiger partial charge in [0.2, 0.25) is 0 Å². The number of nitrogens with one attached hydrogen (secondary N) is 2. The van der Waals surface area contributed by atoms with Gasteiger partial charge in [0, 0.05) is 25.7 Å². The maximum Gasteiger partial charge on any atom is 0.191 e. The second kappa shape index (κ2) is 8.97. The summed E-state index contributed by atoms with van der Waals surface area (Å²) in [7, 11) is 2.22. The van der Waals surface area contributed by atoms with Gasteiger partial charge in [-0.3, -0.25) is 4.99 Å². The lowest BCUT2D eigenvalue weighted by Gasteiger charge is -2.23. The highest BCUT2D eigenvalue weighted by molar-refractivity contribution is 5.79. The van der Waals surface area contributed by atoms with Crippen molar-refractivity contribution < 1.29 is 0 Å². The van der Waals surface area contributed by atoms with Gasteiger partial charge in [0.05, 0.1) is 6.54 Å². The highest BCUT2D eigenvalue weighted by Gasteiger charge is 2.18. The molecule has 0 aromatic heterocycles. The summed E-state index contributed by atoms with van der Waals surface area (Å²) in [6.07, 6.45) is 7.34. The summed E-state index contributed by atoms with van der Waals surface area (Å²) in [5, 5.41) is 6.45. The molecule has 0 saturated heterocycles.